The predicted octanol–water partition coefficient (Wildman–Crippen LogP) is 2.91. The van der Waals surface area contributed by atoms with Crippen molar-refractivity contribution in [3.8, 4) is 0 Å². The first-order valence-corrected chi connectivity index (χ1v) is 7.58. The molecule has 6 heteroatoms. The monoisotopic (exact) mass is 329 g/mol. The fraction of sp³-hybridized carbons (Fsp3) is 0.176. The molecular formula is C17H16ClN3O2. The van der Waals surface area contributed by atoms with Crippen LogP contribution in [0, 0.1) is 0 Å². The van der Waals surface area contributed by atoms with Crippen LogP contribution in [0.1, 0.15) is 17.2 Å². The molecule has 1 heterocycles. The Morgan fingerprint density at radius 3 is 2.52 bits per heavy atom. The van der Waals surface area contributed by atoms with E-state index in [0.717, 1.165) is 16.8 Å². The largest absolute Gasteiger partial charge is 0.463 e. The molecule has 0 bridgehead atoms. The molecule has 0 aliphatic carbocycles. The van der Waals surface area contributed by atoms with Gasteiger partial charge in [0.05, 0.1) is 6.42 Å². The lowest BCUT2D eigenvalue weighted by atomic mass is 10.1. The summed E-state index contributed by atoms with van der Waals surface area (Å²) in [4.78, 5) is 16.2. The number of carbonyl (C=O) groups excluding carboxylic acids is 1. The molecule has 118 valence electrons. The van der Waals surface area contributed by atoms with E-state index in [0.29, 0.717) is 18.1 Å². The highest BCUT2D eigenvalue weighted by Gasteiger charge is 2.18. The van der Waals surface area contributed by atoms with E-state index in [2.05, 4.69) is 10.3 Å². The quantitative estimate of drug-likeness (QED) is 0.905. The van der Waals surface area contributed by atoms with Gasteiger partial charge in [-0.25, -0.2) is 4.99 Å². The van der Waals surface area contributed by atoms with Crippen molar-refractivity contribution < 1.29 is 9.53 Å². The van der Waals surface area contributed by atoms with Crippen molar-refractivity contribution in [1.29, 1.82) is 0 Å². The third-order valence-electron chi connectivity index (χ3n) is 3.53. The minimum Gasteiger partial charge on any atom is -0.463 e. The number of carbonyl (C=O) groups is 1. The van der Waals surface area contributed by atoms with Gasteiger partial charge in [-0.3, -0.25) is 4.79 Å². The van der Waals surface area contributed by atoms with Crippen molar-refractivity contribution in [2.24, 2.45) is 10.7 Å². The van der Waals surface area contributed by atoms with E-state index in [4.69, 9.17) is 22.1 Å². The number of benzene rings is 2. The molecule has 2 aromatic carbocycles. The van der Waals surface area contributed by atoms with Crippen molar-refractivity contribution in [3.05, 3.63) is 64.7 Å². The average molecular weight is 330 g/mol. The maximum atomic E-state index is 12.0. The highest BCUT2D eigenvalue weighted by molar-refractivity contribution is 6.30. The smallest absolute Gasteiger partial charge is 0.282 e. The summed E-state index contributed by atoms with van der Waals surface area (Å²) in [5.41, 5.74) is 8.16. The van der Waals surface area contributed by atoms with Gasteiger partial charge in [0.2, 0.25) is 5.91 Å². The number of amidine groups is 1. The first kappa shape index (κ1) is 15.4. The zero-order valence-corrected chi connectivity index (χ0v) is 13.1. The number of hydrogen-bond acceptors (Lipinski definition) is 4. The Bertz CT molecular complexity index is 727. The zero-order chi connectivity index (χ0) is 16.2. The highest BCUT2D eigenvalue weighted by Crippen LogP contribution is 2.23. The van der Waals surface area contributed by atoms with Crippen molar-refractivity contribution in [2.45, 2.75) is 12.5 Å². The van der Waals surface area contributed by atoms with Crippen LogP contribution >= 0.6 is 11.6 Å². The van der Waals surface area contributed by atoms with Gasteiger partial charge in [-0.15, -0.1) is 0 Å². The molecule has 0 radical (unpaired) electrons. The Morgan fingerprint density at radius 2 is 1.91 bits per heavy atom. The minimum atomic E-state index is -0.0773. The van der Waals surface area contributed by atoms with Crippen LogP contribution in [0.4, 0.5) is 5.69 Å². The molecule has 0 spiro atoms. The molecular weight excluding hydrogens is 314 g/mol. The number of nitrogens with one attached hydrogen (secondary N) is 1. The molecule has 5 nitrogen and oxygen atoms in total. The lowest BCUT2D eigenvalue weighted by molar-refractivity contribution is -0.115. The molecule has 1 aliphatic rings. The molecule has 0 aromatic heterocycles. The van der Waals surface area contributed by atoms with Crippen LogP contribution in [-0.2, 0) is 16.0 Å². The van der Waals surface area contributed by atoms with Crippen molar-refractivity contribution >= 4 is 29.2 Å². The molecule has 3 N–H and O–H groups in total. The molecule has 1 unspecified atom stereocenters. The summed E-state index contributed by atoms with van der Waals surface area (Å²) in [5.74, 6) is -0.0773. The van der Waals surface area contributed by atoms with Gasteiger partial charge < -0.3 is 15.8 Å². The van der Waals surface area contributed by atoms with Crippen LogP contribution in [0.3, 0.4) is 0 Å². The number of halogens is 1. The molecule has 23 heavy (non-hydrogen) atoms. The van der Waals surface area contributed by atoms with E-state index in [1.54, 1.807) is 12.1 Å². The molecule has 0 fully saturated rings. The van der Waals surface area contributed by atoms with Crippen LogP contribution in [0.15, 0.2) is 53.5 Å². The molecule has 1 amide bonds. The molecule has 3 rings (SSSR count). The number of anilines is 1. The van der Waals surface area contributed by atoms with Gasteiger partial charge in [0.25, 0.3) is 6.02 Å². The summed E-state index contributed by atoms with van der Waals surface area (Å²) in [6.45, 7) is 0.452. The van der Waals surface area contributed by atoms with E-state index in [9.17, 15) is 4.79 Å². The highest BCUT2D eigenvalue weighted by atomic mass is 35.5. The maximum Gasteiger partial charge on any atom is 0.282 e. The average Bonchev–Trinajstić information content (AvgIpc) is 2.97. The summed E-state index contributed by atoms with van der Waals surface area (Å²) in [7, 11) is 0. The standard InChI is InChI=1S/C17H16ClN3O2/c18-13-5-1-11(2-6-13)9-16(22)20-14-7-3-12(4-8-14)15-10-23-17(19)21-15/h1-8,15H,9-10H2,(H2,19,21)(H,20,22). The summed E-state index contributed by atoms with van der Waals surface area (Å²) in [6, 6.07) is 14.9. The number of amides is 1. The second-order valence-corrected chi connectivity index (χ2v) is 5.70. The first-order valence-electron chi connectivity index (χ1n) is 7.20. The number of aliphatic imine (C=N–C) groups is 1. The van der Waals surface area contributed by atoms with Gasteiger partial charge in [0, 0.05) is 10.7 Å². The zero-order valence-electron chi connectivity index (χ0n) is 12.3. The van der Waals surface area contributed by atoms with E-state index in [1.165, 1.54) is 0 Å². The van der Waals surface area contributed by atoms with Crippen LogP contribution in [0.2, 0.25) is 5.02 Å². The lowest BCUT2D eigenvalue weighted by Crippen LogP contribution is -2.14. The summed E-state index contributed by atoms with van der Waals surface area (Å²) < 4.78 is 5.14. The van der Waals surface area contributed by atoms with E-state index in [1.807, 2.05) is 36.4 Å². The number of ether oxygens (including phenoxy) is 1. The first-order chi connectivity index (χ1) is 11.1. The SMILES string of the molecule is NC1=NC(c2ccc(NC(=O)Cc3ccc(Cl)cc3)cc2)CO1. The third-order valence-corrected chi connectivity index (χ3v) is 3.78. The van der Waals surface area contributed by atoms with Crippen LogP contribution in [-0.4, -0.2) is 18.5 Å². The van der Waals surface area contributed by atoms with Crippen LogP contribution < -0.4 is 11.1 Å². The number of rotatable bonds is 4. The van der Waals surface area contributed by atoms with Gasteiger partial charge >= 0.3 is 0 Å². The molecule has 1 aliphatic heterocycles. The summed E-state index contributed by atoms with van der Waals surface area (Å²) in [5, 5.41) is 3.52. The number of hydrogen-bond donors (Lipinski definition) is 2. The van der Waals surface area contributed by atoms with E-state index in [-0.39, 0.29) is 18.0 Å². The minimum absolute atomic E-state index is 0.0752. The van der Waals surface area contributed by atoms with Crippen molar-refractivity contribution in [1.82, 2.24) is 0 Å². The van der Waals surface area contributed by atoms with Gasteiger partial charge in [-0.1, -0.05) is 35.9 Å². The second-order valence-electron chi connectivity index (χ2n) is 5.27. The summed E-state index contributed by atoms with van der Waals surface area (Å²) >= 11 is 5.83. The fourth-order valence-electron chi connectivity index (χ4n) is 2.34. The van der Waals surface area contributed by atoms with Crippen molar-refractivity contribution in [3.63, 3.8) is 0 Å². The lowest BCUT2D eigenvalue weighted by Gasteiger charge is -2.08. The summed E-state index contributed by atoms with van der Waals surface area (Å²) in [6.07, 6.45) is 0.302. The van der Waals surface area contributed by atoms with Gasteiger partial charge in [-0.2, -0.15) is 0 Å². The second kappa shape index (κ2) is 6.71. The molecule has 1 atom stereocenters. The predicted molar refractivity (Wildman–Crippen MR) is 90.5 cm³/mol. The Balaban J connectivity index is 1.59. The third kappa shape index (κ3) is 4.02. The molecule has 0 saturated carbocycles. The van der Waals surface area contributed by atoms with Gasteiger partial charge in [0.15, 0.2) is 0 Å². The van der Waals surface area contributed by atoms with Crippen LogP contribution in [0.5, 0.6) is 0 Å². The normalized spacial score (nSPS) is 16.6. The Kier molecular flexibility index (Phi) is 4.48. The van der Waals surface area contributed by atoms with Gasteiger partial charge in [-0.05, 0) is 35.4 Å². The Labute approximate surface area is 139 Å². The van der Waals surface area contributed by atoms with E-state index >= 15 is 0 Å². The topological polar surface area (TPSA) is 76.7 Å². The van der Waals surface area contributed by atoms with E-state index < -0.39 is 0 Å². The molecule has 2 aromatic rings. The number of nitrogens with two attached hydrogens (primary N) is 1. The maximum absolute atomic E-state index is 12.0. The molecule has 0 saturated heterocycles. The Hall–Kier alpha value is -2.53. The van der Waals surface area contributed by atoms with Crippen molar-refractivity contribution in [2.75, 3.05) is 11.9 Å². The number of nitrogens with zero attached hydrogens (tertiary/aromatic N) is 1. The fourth-order valence-corrected chi connectivity index (χ4v) is 2.47. The van der Waals surface area contributed by atoms with Crippen LogP contribution in [0.25, 0.3) is 0 Å². The Morgan fingerprint density at radius 1 is 1.22 bits per heavy atom. The van der Waals surface area contributed by atoms with Gasteiger partial charge in [0.1, 0.15) is 12.6 Å².